The quantitative estimate of drug-likeness (QED) is 0.785. The predicted molar refractivity (Wildman–Crippen MR) is 90.4 cm³/mol. The van der Waals surface area contributed by atoms with Crippen LogP contribution in [-0.2, 0) is 16.3 Å². The lowest BCUT2D eigenvalue weighted by Gasteiger charge is -2.35. The molecule has 1 aliphatic heterocycles. The number of nitrogens with zero attached hydrogens (tertiary/aromatic N) is 5. The first-order valence-electron chi connectivity index (χ1n) is 7.77. The maximum atomic E-state index is 11.7. The lowest BCUT2D eigenvalue weighted by atomic mass is 9.89. The largest absolute Gasteiger partial charge is 0.346 e. The van der Waals surface area contributed by atoms with Gasteiger partial charge in [0.1, 0.15) is 12.0 Å². The van der Waals surface area contributed by atoms with Gasteiger partial charge in [0.2, 0.25) is 0 Å². The molecule has 4 rings (SSSR count). The zero-order valence-electron chi connectivity index (χ0n) is 13.0. The van der Waals surface area contributed by atoms with Crippen molar-refractivity contribution in [3.63, 3.8) is 0 Å². The monoisotopic (exact) mass is 340 g/mol. The number of aromatic nitrogens is 5. The van der Waals surface area contributed by atoms with Gasteiger partial charge < -0.3 is 4.98 Å². The molecule has 0 aliphatic carbocycles. The summed E-state index contributed by atoms with van der Waals surface area (Å²) in [5.74, 6) is 1.23. The van der Waals surface area contributed by atoms with Crippen molar-refractivity contribution in [1.29, 1.82) is 5.26 Å². The Morgan fingerprint density at radius 2 is 2.21 bits per heavy atom. The molecular formula is C16H16N6OS. The van der Waals surface area contributed by atoms with E-state index >= 15 is 0 Å². The van der Waals surface area contributed by atoms with Crippen LogP contribution in [0.5, 0.6) is 0 Å². The second kappa shape index (κ2) is 5.83. The first kappa shape index (κ1) is 15.0. The van der Waals surface area contributed by atoms with Gasteiger partial charge in [0.15, 0.2) is 0 Å². The van der Waals surface area contributed by atoms with Crippen LogP contribution < -0.4 is 0 Å². The highest BCUT2D eigenvalue weighted by atomic mass is 32.2. The summed E-state index contributed by atoms with van der Waals surface area (Å²) in [5, 5.41) is 14.7. The van der Waals surface area contributed by atoms with E-state index < -0.39 is 10.8 Å². The Balaban J connectivity index is 1.75. The van der Waals surface area contributed by atoms with E-state index in [1.807, 2.05) is 23.1 Å². The van der Waals surface area contributed by atoms with Crippen LogP contribution in [0.1, 0.15) is 19.3 Å². The average molecular weight is 340 g/mol. The van der Waals surface area contributed by atoms with E-state index in [2.05, 4.69) is 26.1 Å². The number of H-pyrrole nitrogens is 1. The summed E-state index contributed by atoms with van der Waals surface area (Å²) < 4.78 is 13.6. The molecule has 3 aromatic rings. The van der Waals surface area contributed by atoms with Gasteiger partial charge in [0.25, 0.3) is 0 Å². The summed E-state index contributed by atoms with van der Waals surface area (Å²) in [6.07, 6.45) is 8.87. The number of aromatic amines is 1. The smallest absolute Gasteiger partial charge is 0.141 e. The van der Waals surface area contributed by atoms with E-state index in [4.69, 9.17) is 0 Å². The fraction of sp³-hybridized carbons (Fsp3) is 0.375. The van der Waals surface area contributed by atoms with Crippen LogP contribution in [0.15, 0.2) is 31.0 Å². The van der Waals surface area contributed by atoms with Crippen LogP contribution in [0.25, 0.3) is 22.3 Å². The molecule has 4 heterocycles. The maximum absolute atomic E-state index is 11.7. The molecule has 1 N–H and O–H groups in total. The van der Waals surface area contributed by atoms with Crippen LogP contribution in [-0.4, -0.2) is 40.4 Å². The Morgan fingerprint density at radius 3 is 3.00 bits per heavy atom. The predicted octanol–water partition coefficient (Wildman–Crippen LogP) is 1.97. The molecule has 0 unspecified atom stereocenters. The fourth-order valence-corrected chi connectivity index (χ4v) is 4.70. The van der Waals surface area contributed by atoms with Crippen LogP contribution in [0.3, 0.4) is 0 Å². The number of rotatable bonds is 3. The first-order chi connectivity index (χ1) is 11.7. The molecule has 0 radical (unpaired) electrons. The van der Waals surface area contributed by atoms with Gasteiger partial charge in [0, 0.05) is 45.6 Å². The third-order valence-electron chi connectivity index (χ3n) is 4.69. The zero-order chi connectivity index (χ0) is 16.6. The van der Waals surface area contributed by atoms with Crippen molar-refractivity contribution in [3.05, 3.63) is 31.0 Å². The Hall–Kier alpha value is -2.53. The minimum absolute atomic E-state index is 0.370. The van der Waals surface area contributed by atoms with Crippen LogP contribution in [0.2, 0.25) is 0 Å². The lowest BCUT2D eigenvalue weighted by Crippen LogP contribution is -2.40. The second-order valence-electron chi connectivity index (χ2n) is 6.04. The molecule has 0 aromatic carbocycles. The molecule has 0 saturated carbocycles. The molecule has 0 atom stereocenters. The SMILES string of the molecule is N#CCC1(n2cc(-c3ncnc4[nH]ccc34)cn2)CCS(=O)CC1. The third-order valence-corrected chi connectivity index (χ3v) is 6.01. The molecule has 0 bridgehead atoms. The molecule has 3 aromatic heterocycles. The van der Waals surface area contributed by atoms with Gasteiger partial charge in [-0.05, 0) is 18.9 Å². The highest BCUT2D eigenvalue weighted by Gasteiger charge is 2.37. The van der Waals surface area contributed by atoms with Crippen molar-refractivity contribution in [1.82, 2.24) is 24.7 Å². The normalized spacial score (nSPS) is 24.0. The van der Waals surface area contributed by atoms with Crippen molar-refractivity contribution in [2.75, 3.05) is 11.5 Å². The highest BCUT2D eigenvalue weighted by molar-refractivity contribution is 7.85. The standard InChI is InChI=1S/C16H16N6OS/c17-5-2-16(3-7-24(23)8-4-16)22-10-12(9-21-22)14-13-1-6-18-15(13)20-11-19-14/h1,6,9-11H,2-4,7-8H2,(H,18,19,20). The van der Waals surface area contributed by atoms with Gasteiger partial charge >= 0.3 is 0 Å². The van der Waals surface area contributed by atoms with Crippen molar-refractivity contribution >= 4 is 21.8 Å². The molecule has 7 nitrogen and oxygen atoms in total. The molecule has 0 amide bonds. The van der Waals surface area contributed by atoms with E-state index in [0.717, 1.165) is 22.3 Å². The van der Waals surface area contributed by atoms with E-state index in [1.165, 1.54) is 6.33 Å². The van der Waals surface area contributed by atoms with Gasteiger partial charge in [-0.2, -0.15) is 10.4 Å². The van der Waals surface area contributed by atoms with Gasteiger partial charge in [-0.15, -0.1) is 0 Å². The number of hydrogen-bond acceptors (Lipinski definition) is 5. The van der Waals surface area contributed by atoms with Gasteiger partial charge in [-0.1, -0.05) is 0 Å². The van der Waals surface area contributed by atoms with E-state index in [0.29, 0.717) is 30.8 Å². The molecule has 1 aliphatic rings. The molecule has 8 heteroatoms. The van der Waals surface area contributed by atoms with Crippen molar-refractivity contribution in [3.8, 4) is 17.3 Å². The van der Waals surface area contributed by atoms with Crippen molar-refractivity contribution < 1.29 is 4.21 Å². The van der Waals surface area contributed by atoms with Gasteiger partial charge in [-0.3, -0.25) is 8.89 Å². The Morgan fingerprint density at radius 1 is 1.38 bits per heavy atom. The first-order valence-corrected chi connectivity index (χ1v) is 9.26. The molecular weight excluding hydrogens is 324 g/mol. The zero-order valence-corrected chi connectivity index (χ0v) is 13.8. The maximum Gasteiger partial charge on any atom is 0.141 e. The molecule has 1 saturated heterocycles. The Kier molecular flexibility index (Phi) is 3.65. The van der Waals surface area contributed by atoms with Gasteiger partial charge in [0.05, 0.1) is 29.9 Å². The Labute approximate surface area is 141 Å². The second-order valence-corrected chi connectivity index (χ2v) is 7.74. The number of nitriles is 1. The lowest BCUT2D eigenvalue weighted by molar-refractivity contribution is 0.237. The van der Waals surface area contributed by atoms with Crippen LogP contribution >= 0.6 is 0 Å². The minimum Gasteiger partial charge on any atom is -0.346 e. The van der Waals surface area contributed by atoms with E-state index in [9.17, 15) is 9.47 Å². The summed E-state index contributed by atoms with van der Waals surface area (Å²) in [6, 6.07) is 4.22. The molecule has 0 spiro atoms. The Bertz CT molecular complexity index is 943. The summed E-state index contributed by atoms with van der Waals surface area (Å²) in [4.78, 5) is 11.7. The summed E-state index contributed by atoms with van der Waals surface area (Å²) in [7, 11) is -0.782. The van der Waals surface area contributed by atoms with E-state index in [-0.39, 0.29) is 5.54 Å². The summed E-state index contributed by atoms with van der Waals surface area (Å²) in [5.41, 5.74) is 2.13. The number of nitrogens with one attached hydrogen (secondary N) is 1. The molecule has 24 heavy (non-hydrogen) atoms. The minimum atomic E-state index is -0.782. The topological polar surface area (TPSA) is 100 Å². The number of hydrogen-bond donors (Lipinski definition) is 1. The van der Waals surface area contributed by atoms with E-state index in [1.54, 1.807) is 6.20 Å². The molecule has 122 valence electrons. The number of fused-ring (bicyclic) bond motifs is 1. The highest BCUT2D eigenvalue weighted by Crippen LogP contribution is 2.34. The fourth-order valence-electron chi connectivity index (χ4n) is 3.28. The summed E-state index contributed by atoms with van der Waals surface area (Å²) >= 11 is 0. The average Bonchev–Trinajstić information content (AvgIpc) is 3.26. The van der Waals surface area contributed by atoms with Crippen LogP contribution in [0.4, 0.5) is 0 Å². The van der Waals surface area contributed by atoms with Crippen LogP contribution in [0, 0.1) is 11.3 Å². The van der Waals surface area contributed by atoms with Crippen molar-refractivity contribution in [2.24, 2.45) is 0 Å². The van der Waals surface area contributed by atoms with Crippen molar-refractivity contribution in [2.45, 2.75) is 24.8 Å². The summed E-state index contributed by atoms with van der Waals surface area (Å²) in [6.45, 7) is 0. The molecule has 1 fully saturated rings. The van der Waals surface area contributed by atoms with Gasteiger partial charge in [-0.25, -0.2) is 9.97 Å². The third kappa shape index (κ3) is 2.41.